The summed E-state index contributed by atoms with van der Waals surface area (Å²) in [5.74, 6) is -0.769. The number of phenolic OH excluding ortho intramolecular Hbond substituents is 2. The fourth-order valence-corrected chi connectivity index (χ4v) is 2.49. The first kappa shape index (κ1) is 14.2. The summed E-state index contributed by atoms with van der Waals surface area (Å²) in [4.78, 5) is 14.3. The molecule has 1 aromatic rings. The van der Waals surface area contributed by atoms with Crippen LogP contribution in [-0.4, -0.2) is 38.9 Å². The number of para-hydroxylation sites is 1. The predicted molar refractivity (Wildman–Crippen MR) is 76.9 cm³/mol. The Morgan fingerprint density at radius 1 is 1.37 bits per heavy atom. The summed E-state index contributed by atoms with van der Waals surface area (Å²) >= 11 is 3.37. The number of hydrogen-bond donors (Lipinski definition) is 2. The Balaban J connectivity index is 2.20. The molecule has 1 aromatic carbocycles. The van der Waals surface area contributed by atoms with Gasteiger partial charge in [0.1, 0.15) is 0 Å². The third kappa shape index (κ3) is 3.03. The van der Waals surface area contributed by atoms with Crippen LogP contribution in [0.3, 0.4) is 0 Å². The predicted octanol–water partition coefficient (Wildman–Crippen LogP) is 2.88. The van der Waals surface area contributed by atoms with Crippen LogP contribution in [0.5, 0.6) is 11.5 Å². The molecule has 4 nitrogen and oxygen atoms in total. The maximum Gasteiger partial charge on any atom is 0.258 e. The van der Waals surface area contributed by atoms with Gasteiger partial charge in [-0.3, -0.25) is 4.79 Å². The summed E-state index contributed by atoms with van der Waals surface area (Å²) in [5, 5.41) is 20.1. The van der Waals surface area contributed by atoms with Crippen molar-refractivity contribution in [1.29, 1.82) is 0 Å². The molecule has 0 unspecified atom stereocenters. The third-order valence-electron chi connectivity index (χ3n) is 3.55. The second-order valence-electron chi connectivity index (χ2n) is 4.80. The lowest BCUT2D eigenvalue weighted by atomic mass is 9.90. The Labute approximate surface area is 121 Å². The van der Waals surface area contributed by atoms with Gasteiger partial charge in [-0.25, -0.2) is 0 Å². The van der Waals surface area contributed by atoms with Crippen molar-refractivity contribution in [3.05, 3.63) is 23.8 Å². The highest BCUT2D eigenvalue weighted by molar-refractivity contribution is 9.09. The number of carbonyl (C=O) groups excluding carboxylic acids is 1. The lowest BCUT2D eigenvalue weighted by molar-refractivity contribution is 0.0577. The number of nitrogens with zero attached hydrogens (tertiary/aromatic N) is 1. The smallest absolute Gasteiger partial charge is 0.258 e. The van der Waals surface area contributed by atoms with Crippen LogP contribution in [0.15, 0.2) is 18.2 Å². The third-order valence-corrected chi connectivity index (χ3v) is 4.11. The molecule has 0 aromatic heterocycles. The molecule has 0 spiro atoms. The van der Waals surface area contributed by atoms with Crippen molar-refractivity contribution in [2.45, 2.75) is 31.7 Å². The lowest BCUT2D eigenvalue weighted by Crippen LogP contribution is -2.44. The van der Waals surface area contributed by atoms with E-state index >= 15 is 0 Å². The fraction of sp³-hybridized carbons (Fsp3) is 0.500. The molecule has 1 fully saturated rings. The largest absolute Gasteiger partial charge is 0.504 e. The minimum atomic E-state index is -0.323. The molecule has 1 aliphatic carbocycles. The van der Waals surface area contributed by atoms with Gasteiger partial charge < -0.3 is 15.1 Å². The minimum Gasteiger partial charge on any atom is -0.504 e. The van der Waals surface area contributed by atoms with Crippen LogP contribution in [0.1, 0.15) is 36.0 Å². The average Bonchev–Trinajstić information content (AvgIpc) is 2.34. The second kappa shape index (κ2) is 6.28. The van der Waals surface area contributed by atoms with Crippen LogP contribution in [-0.2, 0) is 0 Å². The van der Waals surface area contributed by atoms with E-state index in [-0.39, 0.29) is 29.0 Å². The number of rotatable bonds is 5. The van der Waals surface area contributed by atoms with Gasteiger partial charge in [0.2, 0.25) is 0 Å². The van der Waals surface area contributed by atoms with Gasteiger partial charge in [-0.15, -0.1) is 0 Å². The minimum absolute atomic E-state index is 0.182. The zero-order chi connectivity index (χ0) is 13.8. The van der Waals surface area contributed by atoms with Crippen molar-refractivity contribution in [2.24, 2.45) is 0 Å². The highest BCUT2D eigenvalue weighted by atomic mass is 79.9. The van der Waals surface area contributed by atoms with Crippen LogP contribution in [0, 0.1) is 0 Å². The molecule has 0 atom stereocenters. The molecule has 2 N–H and O–H groups in total. The highest BCUT2D eigenvalue weighted by Gasteiger charge is 2.30. The molecular formula is C14H18BrNO3. The summed E-state index contributed by atoms with van der Waals surface area (Å²) < 4.78 is 0. The fourth-order valence-electron chi connectivity index (χ4n) is 2.24. The van der Waals surface area contributed by atoms with Gasteiger partial charge in [0.05, 0.1) is 5.56 Å². The monoisotopic (exact) mass is 327 g/mol. The van der Waals surface area contributed by atoms with E-state index in [4.69, 9.17) is 0 Å². The molecule has 1 amide bonds. The van der Waals surface area contributed by atoms with Crippen molar-refractivity contribution in [2.75, 3.05) is 11.9 Å². The van der Waals surface area contributed by atoms with Gasteiger partial charge in [0.15, 0.2) is 11.5 Å². The number of benzene rings is 1. The van der Waals surface area contributed by atoms with E-state index in [1.807, 2.05) is 4.90 Å². The Morgan fingerprint density at radius 2 is 2.11 bits per heavy atom. The number of hydrogen-bond acceptors (Lipinski definition) is 3. The van der Waals surface area contributed by atoms with E-state index < -0.39 is 0 Å². The zero-order valence-corrected chi connectivity index (χ0v) is 12.3. The number of alkyl halides is 1. The average molecular weight is 328 g/mol. The highest BCUT2D eigenvalue weighted by Crippen LogP contribution is 2.32. The van der Waals surface area contributed by atoms with Gasteiger partial charge in [-0.05, 0) is 37.8 Å². The maximum atomic E-state index is 12.5. The second-order valence-corrected chi connectivity index (χ2v) is 5.59. The Bertz CT molecular complexity index is 460. The lowest BCUT2D eigenvalue weighted by Gasteiger charge is -2.37. The molecule has 0 bridgehead atoms. The van der Waals surface area contributed by atoms with Crippen molar-refractivity contribution in [1.82, 2.24) is 4.90 Å². The van der Waals surface area contributed by atoms with Crippen molar-refractivity contribution in [3.63, 3.8) is 0 Å². The zero-order valence-electron chi connectivity index (χ0n) is 10.7. The first-order valence-corrected chi connectivity index (χ1v) is 7.65. The van der Waals surface area contributed by atoms with Crippen LogP contribution in [0.2, 0.25) is 0 Å². The molecule has 19 heavy (non-hydrogen) atoms. The van der Waals surface area contributed by atoms with Crippen LogP contribution < -0.4 is 0 Å². The number of halogens is 1. The molecule has 0 saturated heterocycles. The van der Waals surface area contributed by atoms with Crippen molar-refractivity contribution in [3.8, 4) is 11.5 Å². The maximum absolute atomic E-state index is 12.5. The first-order valence-electron chi connectivity index (χ1n) is 6.53. The summed E-state index contributed by atoms with van der Waals surface area (Å²) in [5.41, 5.74) is 0.182. The number of phenols is 2. The molecule has 1 aliphatic rings. The van der Waals surface area contributed by atoms with Gasteiger partial charge in [-0.2, -0.15) is 0 Å². The van der Waals surface area contributed by atoms with E-state index in [1.54, 1.807) is 12.1 Å². The summed E-state index contributed by atoms with van der Waals surface area (Å²) in [6, 6.07) is 4.77. The van der Waals surface area contributed by atoms with E-state index in [0.29, 0.717) is 6.54 Å². The topological polar surface area (TPSA) is 60.8 Å². The van der Waals surface area contributed by atoms with E-state index in [2.05, 4.69) is 15.9 Å². The summed E-state index contributed by atoms with van der Waals surface area (Å²) in [7, 11) is 0. The van der Waals surface area contributed by atoms with Crippen LogP contribution in [0.25, 0.3) is 0 Å². The van der Waals surface area contributed by atoms with Gasteiger partial charge >= 0.3 is 0 Å². The summed E-state index contributed by atoms with van der Waals surface area (Å²) in [6.07, 6.45) is 4.07. The molecule has 1 saturated carbocycles. The molecule has 0 heterocycles. The number of amides is 1. The SMILES string of the molecule is O=C(c1cccc(O)c1O)N(CCCBr)C1CCC1. The van der Waals surface area contributed by atoms with Gasteiger partial charge in [0, 0.05) is 17.9 Å². The molecule has 5 heteroatoms. The van der Waals surface area contributed by atoms with Gasteiger partial charge in [-0.1, -0.05) is 22.0 Å². The van der Waals surface area contributed by atoms with Crippen molar-refractivity contribution < 1.29 is 15.0 Å². The molecule has 0 radical (unpaired) electrons. The Morgan fingerprint density at radius 3 is 2.68 bits per heavy atom. The van der Waals surface area contributed by atoms with E-state index in [9.17, 15) is 15.0 Å². The molecular weight excluding hydrogens is 310 g/mol. The Kier molecular flexibility index (Phi) is 4.69. The number of aromatic hydroxyl groups is 2. The van der Waals surface area contributed by atoms with Crippen LogP contribution in [0.4, 0.5) is 0 Å². The molecule has 104 valence electrons. The standard InChI is InChI=1S/C14H18BrNO3/c15-8-3-9-16(10-4-1-5-10)14(19)11-6-2-7-12(17)13(11)18/h2,6-7,10,17-18H,1,3-5,8-9H2. The Hall–Kier alpha value is -1.23. The van der Waals surface area contributed by atoms with Crippen LogP contribution >= 0.6 is 15.9 Å². The normalized spacial score (nSPS) is 15.0. The summed E-state index contributed by atoms with van der Waals surface area (Å²) in [6.45, 7) is 0.670. The molecule has 2 rings (SSSR count). The quantitative estimate of drug-likeness (QED) is 0.645. The van der Waals surface area contributed by atoms with Gasteiger partial charge in [0.25, 0.3) is 5.91 Å². The first-order chi connectivity index (χ1) is 9.15. The van der Waals surface area contributed by atoms with E-state index in [0.717, 1.165) is 31.0 Å². The van der Waals surface area contributed by atoms with E-state index in [1.165, 1.54) is 6.07 Å². The van der Waals surface area contributed by atoms with Crippen molar-refractivity contribution >= 4 is 21.8 Å². The number of carbonyl (C=O) groups is 1. The molecule has 0 aliphatic heterocycles.